The van der Waals surface area contributed by atoms with Crippen LogP contribution in [0.5, 0.6) is 0 Å². The smallest absolute Gasteiger partial charge is 0.209 e. The van der Waals surface area contributed by atoms with Gasteiger partial charge >= 0.3 is 0 Å². The molecule has 0 amide bonds. The van der Waals surface area contributed by atoms with Gasteiger partial charge in [-0.3, -0.25) is 0 Å². The Morgan fingerprint density at radius 2 is 1.59 bits per heavy atom. The standard InChI is InChI=1S/C18H21NO2S/c1-22(20,21)19-18(17-13-6-3-7-14-17)15-9-8-12-16-10-4-2-5-11-16/h2-8,10-14,18-19H,9,15H2,1H3/b12-8+. The first kappa shape index (κ1) is 16.5. The van der Waals surface area contributed by atoms with Crippen molar-refractivity contribution in [2.75, 3.05) is 6.26 Å². The van der Waals surface area contributed by atoms with E-state index in [1.165, 1.54) is 6.26 Å². The molecule has 2 aromatic carbocycles. The van der Waals surface area contributed by atoms with Crippen molar-refractivity contribution in [3.05, 3.63) is 77.9 Å². The van der Waals surface area contributed by atoms with Crippen molar-refractivity contribution in [3.8, 4) is 0 Å². The maximum absolute atomic E-state index is 11.5. The lowest BCUT2D eigenvalue weighted by Crippen LogP contribution is -2.27. The molecule has 0 bridgehead atoms. The van der Waals surface area contributed by atoms with E-state index in [1.807, 2.05) is 60.7 Å². The number of nitrogens with one attached hydrogen (secondary N) is 1. The highest BCUT2D eigenvalue weighted by molar-refractivity contribution is 7.88. The Hall–Kier alpha value is -1.91. The number of hydrogen-bond donors (Lipinski definition) is 1. The van der Waals surface area contributed by atoms with Gasteiger partial charge in [-0.2, -0.15) is 0 Å². The summed E-state index contributed by atoms with van der Waals surface area (Å²) >= 11 is 0. The molecule has 0 aromatic heterocycles. The average molecular weight is 315 g/mol. The van der Waals surface area contributed by atoms with Gasteiger partial charge in [0.2, 0.25) is 10.0 Å². The summed E-state index contributed by atoms with van der Waals surface area (Å²) in [7, 11) is -3.23. The van der Waals surface area contributed by atoms with E-state index in [9.17, 15) is 8.42 Å². The average Bonchev–Trinajstić information content (AvgIpc) is 2.51. The van der Waals surface area contributed by atoms with Gasteiger partial charge in [0.05, 0.1) is 6.26 Å². The number of rotatable bonds is 7. The van der Waals surface area contributed by atoms with E-state index in [4.69, 9.17) is 0 Å². The van der Waals surface area contributed by atoms with E-state index >= 15 is 0 Å². The quantitative estimate of drug-likeness (QED) is 0.845. The van der Waals surface area contributed by atoms with E-state index in [2.05, 4.69) is 16.9 Å². The van der Waals surface area contributed by atoms with Gasteiger partial charge in [-0.15, -0.1) is 0 Å². The molecule has 0 aliphatic heterocycles. The first-order valence-electron chi connectivity index (χ1n) is 7.28. The van der Waals surface area contributed by atoms with Crippen LogP contribution in [0.1, 0.15) is 30.0 Å². The molecule has 0 saturated carbocycles. The van der Waals surface area contributed by atoms with Gasteiger partial charge in [0.25, 0.3) is 0 Å². The number of allylic oxidation sites excluding steroid dienone is 1. The van der Waals surface area contributed by atoms with Crippen LogP contribution in [0.4, 0.5) is 0 Å². The fraction of sp³-hybridized carbons (Fsp3) is 0.222. The summed E-state index contributed by atoms with van der Waals surface area (Å²) in [6.07, 6.45) is 6.86. The Labute approximate surface area is 132 Å². The van der Waals surface area contributed by atoms with E-state index < -0.39 is 10.0 Å². The minimum absolute atomic E-state index is 0.198. The van der Waals surface area contributed by atoms with Crippen LogP contribution in [-0.2, 0) is 10.0 Å². The lowest BCUT2D eigenvalue weighted by molar-refractivity contribution is 0.547. The molecular formula is C18H21NO2S. The first-order chi connectivity index (χ1) is 10.5. The minimum Gasteiger partial charge on any atom is -0.213 e. The van der Waals surface area contributed by atoms with Crippen molar-refractivity contribution in [2.45, 2.75) is 18.9 Å². The monoisotopic (exact) mass is 315 g/mol. The number of hydrogen-bond acceptors (Lipinski definition) is 2. The molecule has 4 heteroatoms. The Morgan fingerprint density at radius 1 is 1.00 bits per heavy atom. The zero-order valence-electron chi connectivity index (χ0n) is 12.6. The van der Waals surface area contributed by atoms with Crippen molar-refractivity contribution in [1.82, 2.24) is 4.72 Å². The predicted molar refractivity (Wildman–Crippen MR) is 91.9 cm³/mol. The Morgan fingerprint density at radius 3 is 2.18 bits per heavy atom. The van der Waals surface area contributed by atoms with Crippen LogP contribution in [0.2, 0.25) is 0 Å². The van der Waals surface area contributed by atoms with Gasteiger partial charge in [0.1, 0.15) is 0 Å². The molecule has 0 radical (unpaired) electrons. The van der Waals surface area contributed by atoms with Crippen LogP contribution in [0.15, 0.2) is 66.7 Å². The number of benzene rings is 2. The molecule has 22 heavy (non-hydrogen) atoms. The second-order valence-electron chi connectivity index (χ2n) is 5.24. The van der Waals surface area contributed by atoms with Gasteiger partial charge in [0, 0.05) is 6.04 Å². The summed E-state index contributed by atoms with van der Waals surface area (Å²) in [5.74, 6) is 0. The highest BCUT2D eigenvalue weighted by atomic mass is 32.2. The highest BCUT2D eigenvalue weighted by Gasteiger charge is 2.14. The van der Waals surface area contributed by atoms with Crippen LogP contribution >= 0.6 is 0 Å². The van der Waals surface area contributed by atoms with Gasteiger partial charge in [-0.05, 0) is 24.0 Å². The van der Waals surface area contributed by atoms with Gasteiger partial charge in [0.15, 0.2) is 0 Å². The van der Waals surface area contributed by atoms with Crippen molar-refractivity contribution in [2.24, 2.45) is 0 Å². The Kier molecular flexibility index (Phi) is 5.92. The summed E-state index contributed by atoms with van der Waals surface area (Å²) in [5, 5.41) is 0. The summed E-state index contributed by atoms with van der Waals surface area (Å²) in [6, 6.07) is 19.5. The SMILES string of the molecule is CS(=O)(=O)NC(CC/C=C/c1ccccc1)c1ccccc1. The van der Waals surface area contributed by atoms with Crippen molar-refractivity contribution < 1.29 is 8.42 Å². The van der Waals surface area contributed by atoms with Gasteiger partial charge in [-0.25, -0.2) is 13.1 Å². The molecule has 0 spiro atoms. The largest absolute Gasteiger partial charge is 0.213 e. The summed E-state index contributed by atoms with van der Waals surface area (Å²) in [4.78, 5) is 0. The summed E-state index contributed by atoms with van der Waals surface area (Å²) in [6.45, 7) is 0. The van der Waals surface area contributed by atoms with Crippen molar-refractivity contribution in [1.29, 1.82) is 0 Å². The van der Waals surface area contributed by atoms with Crippen LogP contribution in [0, 0.1) is 0 Å². The third-order valence-corrected chi connectivity index (χ3v) is 4.00. The molecule has 0 heterocycles. The fourth-order valence-corrected chi connectivity index (χ4v) is 3.05. The van der Waals surface area contributed by atoms with Crippen LogP contribution in [-0.4, -0.2) is 14.7 Å². The molecule has 0 fully saturated rings. The van der Waals surface area contributed by atoms with E-state index in [0.717, 1.165) is 24.0 Å². The lowest BCUT2D eigenvalue weighted by atomic mass is 10.0. The Bertz CT molecular complexity index is 694. The molecule has 116 valence electrons. The first-order valence-corrected chi connectivity index (χ1v) is 9.17. The van der Waals surface area contributed by atoms with Crippen LogP contribution < -0.4 is 4.72 Å². The number of sulfonamides is 1. The van der Waals surface area contributed by atoms with Crippen molar-refractivity contribution in [3.63, 3.8) is 0 Å². The maximum Gasteiger partial charge on any atom is 0.209 e. The molecular weight excluding hydrogens is 294 g/mol. The fourth-order valence-electron chi connectivity index (χ4n) is 2.28. The zero-order chi connectivity index (χ0) is 15.8. The summed E-state index contributed by atoms with van der Waals surface area (Å²) < 4.78 is 25.8. The third kappa shape index (κ3) is 5.84. The molecule has 0 aliphatic carbocycles. The molecule has 1 atom stereocenters. The zero-order valence-corrected chi connectivity index (χ0v) is 13.5. The molecule has 0 saturated heterocycles. The third-order valence-electron chi connectivity index (χ3n) is 3.29. The molecule has 3 nitrogen and oxygen atoms in total. The van der Waals surface area contributed by atoms with Crippen LogP contribution in [0.25, 0.3) is 6.08 Å². The van der Waals surface area contributed by atoms with E-state index in [-0.39, 0.29) is 6.04 Å². The lowest BCUT2D eigenvalue weighted by Gasteiger charge is -2.17. The highest BCUT2D eigenvalue weighted by Crippen LogP contribution is 2.19. The Balaban J connectivity index is 2.00. The topological polar surface area (TPSA) is 46.2 Å². The molecule has 1 unspecified atom stereocenters. The normalized spacial score (nSPS) is 13.3. The predicted octanol–water partition coefficient (Wildman–Crippen LogP) is 3.77. The molecule has 1 N–H and O–H groups in total. The van der Waals surface area contributed by atoms with Crippen LogP contribution in [0.3, 0.4) is 0 Å². The molecule has 2 aromatic rings. The summed E-state index contributed by atoms with van der Waals surface area (Å²) in [5.41, 5.74) is 2.14. The van der Waals surface area contributed by atoms with Crippen molar-refractivity contribution >= 4 is 16.1 Å². The van der Waals surface area contributed by atoms with E-state index in [0.29, 0.717) is 0 Å². The van der Waals surface area contributed by atoms with Gasteiger partial charge < -0.3 is 0 Å². The maximum atomic E-state index is 11.5. The second-order valence-corrected chi connectivity index (χ2v) is 7.02. The minimum atomic E-state index is -3.23. The van der Waals surface area contributed by atoms with Gasteiger partial charge in [-0.1, -0.05) is 72.8 Å². The van der Waals surface area contributed by atoms with E-state index in [1.54, 1.807) is 0 Å². The molecule has 0 aliphatic rings. The molecule has 2 rings (SSSR count). The second kappa shape index (κ2) is 7.92.